The minimum atomic E-state index is 0.491. The first kappa shape index (κ1) is 17.0. The van der Waals surface area contributed by atoms with Crippen molar-refractivity contribution in [2.75, 3.05) is 11.2 Å². The maximum atomic E-state index is 5.86. The lowest BCUT2D eigenvalue weighted by Crippen LogP contribution is -1.91. The molecule has 25 heavy (non-hydrogen) atoms. The number of nitrogen functional groups attached to an aromatic ring is 1. The number of aromatic nitrogens is 1. The van der Waals surface area contributed by atoms with E-state index in [0.717, 1.165) is 17.1 Å². The highest BCUT2D eigenvalue weighted by atomic mass is 32.1. The minimum absolute atomic E-state index is 0.491. The van der Waals surface area contributed by atoms with Crippen LogP contribution < -0.4 is 15.9 Å². The standard InChI is InChI=1S/C19H20N4OS/c1-13(2)15-5-9-17(10-6-15)24-16-7-3-14(4-8-16)11-21-23-19-22-18(20)12-25-19/h3-13H,20H2,1-2H3,(H,22,23). The molecule has 3 rings (SSSR count). The van der Waals surface area contributed by atoms with Gasteiger partial charge in [-0.15, -0.1) is 11.3 Å². The van der Waals surface area contributed by atoms with Crippen molar-refractivity contribution < 1.29 is 4.74 Å². The Morgan fingerprint density at radius 3 is 2.28 bits per heavy atom. The summed E-state index contributed by atoms with van der Waals surface area (Å²) in [5, 5.41) is 6.57. The van der Waals surface area contributed by atoms with Crippen molar-refractivity contribution in [3.63, 3.8) is 0 Å². The van der Waals surface area contributed by atoms with Crippen LogP contribution in [0.25, 0.3) is 0 Å². The van der Waals surface area contributed by atoms with Gasteiger partial charge in [0.25, 0.3) is 0 Å². The Labute approximate surface area is 151 Å². The van der Waals surface area contributed by atoms with Gasteiger partial charge in [0.1, 0.15) is 17.3 Å². The number of nitrogens with one attached hydrogen (secondary N) is 1. The molecule has 0 amide bonds. The zero-order chi connectivity index (χ0) is 17.6. The molecule has 0 spiro atoms. The van der Waals surface area contributed by atoms with Gasteiger partial charge in [-0.3, -0.25) is 5.43 Å². The van der Waals surface area contributed by atoms with Crippen LogP contribution in [0.15, 0.2) is 59.0 Å². The first-order chi connectivity index (χ1) is 12.1. The van der Waals surface area contributed by atoms with Gasteiger partial charge < -0.3 is 10.5 Å². The fourth-order valence-electron chi connectivity index (χ4n) is 2.18. The van der Waals surface area contributed by atoms with Crippen molar-refractivity contribution in [1.82, 2.24) is 4.98 Å². The van der Waals surface area contributed by atoms with E-state index in [2.05, 4.69) is 41.5 Å². The Hall–Kier alpha value is -2.86. The van der Waals surface area contributed by atoms with Gasteiger partial charge in [0, 0.05) is 5.38 Å². The van der Waals surface area contributed by atoms with Crippen LogP contribution in [0.5, 0.6) is 11.5 Å². The highest BCUT2D eigenvalue weighted by Gasteiger charge is 2.01. The fraction of sp³-hybridized carbons (Fsp3) is 0.158. The molecule has 0 bridgehead atoms. The van der Waals surface area contributed by atoms with E-state index in [1.165, 1.54) is 16.9 Å². The van der Waals surface area contributed by atoms with Crippen LogP contribution in [0.3, 0.4) is 0 Å². The largest absolute Gasteiger partial charge is 0.457 e. The molecule has 0 saturated heterocycles. The number of nitrogens with zero attached hydrogens (tertiary/aromatic N) is 2. The maximum Gasteiger partial charge on any atom is 0.205 e. The summed E-state index contributed by atoms with van der Waals surface area (Å²) in [7, 11) is 0. The average molecular weight is 352 g/mol. The molecule has 2 aromatic carbocycles. The molecular formula is C19H20N4OS. The third kappa shape index (κ3) is 4.81. The van der Waals surface area contributed by atoms with E-state index in [9.17, 15) is 0 Å². The number of hydrogen-bond donors (Lipinski definition) is 2. The first-order valence-electron chi connectivity index (χ1n) is 7.98. The summed E-state index contributed by atoms with van der Waals surface area (Å²) >= 11 is 1.41. The summed E-state index contributed by atoms with van der Waals surface area (Å²) in [5.74, 6) is 2.62. The van der Waals surface area contributed by atoms with E-state index in [1.54, 1.807) is 11.6 Å². The molecule has 0 fully saturated rings. The summed E-state index contributed by atoms with van der Waals surface area (Å²) in [6.07, 6.45) is 1.72. The maximum absolute atomic E-state index is 5.86. The van der Waals surface area contributed by atoms with Crippen LogP contribution in [-0.4, -0.2) is 11.2 Å². The van der Waals surface area contributed by atoms with E-state index in [4.69, 9.17) is 10.5 Å². The van der Waals surface area contributed by atoms with Crippen LogP contribution >= 0.6 is 11.3 Å². The Morgan fingerprint density at radius 2 is 1.72 bits per heavy atom. The van der Waals surface area contributed by atoms with Crippen LogP contribution in [-0.2, 0) is 0 Å². The van der Waals surface area contributed by atoms with E-state index >= 15 is 0 Å². The van der Waals surface area contributed by atoms with Crippen LogP contribution in [0.2, 0.25) is 0 Å². The lowest BCUT2D eigenvalue weighted by molar-refractivity contribution is 0.482. The predicted octanol–water partition coefficient (Wildman–Crippen LogP) is 5.09. The first-order valence-corrected chi connectivity index (χ1v) is 8.86. The SMILES string of the molecule is CC(C)c1ccc(Oc2ccc(C=NNc3nc(N)cs3)cc2)cc1. The fourth-order valence-corrected chi connectivity index (χ4v) is 2.73. The average Bonchev–Trinajstić information content (AvgIpc) is 3.02. The van der Waals surface area contributed by atoms with Gasteiger partial charge in [0.05, 0.1) is 6.21 Å². The minimum Gasteiger partial charge on any atom is -0.457 e. The van der Waals surface area contributed by atoms with E-state index in [-0.39, 0.29) is 0 Å². The van der Waals surface area contributed by atoms with Crippen molar-refractivity contribution in [2.24, 2.45) is 5.10 Å². The van der Waals surface area contributed by atoms with Gasteiger partial charge in [0.2, 0.25) is 5.13 Å². The molecule has 0 saturated carbocycles. The number of hydrogen-bond acceptors (Lipinski definition) is 6. The Morgan fingerprint density at radius 1 is 1.08 bits per heavy atom. The van der Waals surface area contributed by atoms with Crippen LogP contribution in [0.1, 0.15) is 30.9 Å². The number of anilines is 2. The van der Waals surface area contributed by atoms with Gasteiger partial charge in [-0.1, -0.05) is 26.0 Å². The van der Waals surface area contributed by atoms with Gasteiger partial charge in [0.15, 0.2) is 0 Å². The number of hydrazone groups is 1. The molecule has 0 aliphatic carbocycles. The molecule has 1 heterocycles. The molecule has 0 aliphatic heterocycles. The van der Waals surface area contributed by atoms with E-state index < -0.39 is 0 Å². The lowest BCUT2D eigenvalue weighted by atomic mass is 10.0. The molecule has 3 aromatic rings. The summed E-state index contributed by atoms with van der Waals surface area (Å²) in [6.45, 7) is 4.35. The highest BCUT2D eigenvalue weighted by molar-refractivity contribution is 7.14. The Kier molecular flexibility index (Phi) is 5.30. The normalized spacial score (nSPS) is 11.2. The second-order valence-electron chi connectivity index (χ2n) is 5.84. The molecule has 1 aromatic heterocycles. The monoisotopic (exact) mass is 352 g/mol. The van der Waals surface area contributed by atoms with Crippen molar-refractivity contribution >= 4 is 28.5 Å². The molecule has 0 unspecified atom stereocenters. The number of ether oxygens (including phenoxy) is 1. The summed E-state index contributed by atoms with van der Waals surface area (Å²) in [6, 6.07) is 15.9. The zero-order valence-corrected chi connectivity index (χ0v) is 15.0. The Bertz CT molecular complexity index is 839. The van der Waals surface area contributed by atoms with Gasteiger partial charge in [-0.05, 0) is 53.4 Å². The number of rotatable bonds is 6. The predicted molar refractivity (Wildman–Crippen MR) is 105 cm³/mol. The summed E-state index contributed by atoms with van der Waals surface area (Å²) in [5.41, 5.74) is 10.7. The topological polar surface area (TPSA) is 72.5 Å². The van der Waals surface area contributed by atoms with Gasteiger partial charge in [-0.2, -0.15) is 5.10 Å². The number of thiazole rings is 1. The van der Waals surface area contributed by atoms with Crippen molar-refractivity contribution in [1.29, 1.82) is 0 Å². The third-order valence-corrected chi connectivity index (χ3v) is 4.32. The van der Waals surface area contributed by atoms with E-state index in [1.807, 2.05) is 36.4 Å². The van der Waals surface area contributed by atoms with Crippen LogP contribution in [0.4, 0.5) is 10.9 Å². The van der Waals surface area contributed by atoms with Gasteiger partial charge >= 0.3 is 0 Å². The zero-order valence-electron chi connectivity index (χ0n) is 14.1. The Balaban J connectivity index is 1.58. The molecule has 0 radical (unpaired) electrons. The van der Waals surface area contributed by atoms with Gasteiger partial charge in [-0.25, -0.2) is 4.98 Å². The molecule has 128 valence electrons. The van der Waals surface area contributed by atoms with Crippen LogP contribution in [0, 0.1) is 0 Å². The smallest absolute Gasteiger partial charge is 0.205 e. The molecule has 5 nitrogen and oxygen atoms in total. The molecule has 3 N–H and O–H groups in total. The second-order valence-corrected chi connectivity index (χ2v) is 6.70. The second kappa shape index (κ2) is 7.81. The van der Waals surface area contributed by atoms with Crippen molar-refractivity contribution in [3.8, 4) is 11.5 Å². The van der Waals surface area contributed by atoms with Crippen molar-refractivity contribution in [3.05, 3.63) is 65.0 Å². The van der Waals surface area contributed by atoms with E-state index in [0.29, 0.717) is 16.9 Å². The number of benzene rings is 2. The van der Waals surface area contributed by atoms with Crippen molar-refractivity contribution in [2.45, 2.75) is 19.8 Å². The molecular weight excluding hydrogens is 332 g/mol. The number of nitrogens with two attached hydrogens (primary N) is 1. The summed E-state index contributed by atoms with van der Waals surface area (Å²) in [4.78, 5) is 4.07. The lowest BCUT2D eigenvalue weighted by Gasteiger charge is -2.08. The highest BCUT2D eigenvalue weighted by Crippen LogP contribution is 2.24. The third-order valence-electron chi connectivity index (χ3n) is 3.56. The quantitative estimate of drug-likeness (QED) is 0.479. The molecule has 0 atom stereocenters. The molecule has 6 heteroatoms. The molecule has 0 aliphatic rings. The summed E-state index contributed by atoms with van der Waals surface area (Å²) < 4.78 is 5.86.